The molecule has 0 bridgehead atoms. The zero-order chi connectivity index (χ0) is 16.1. The van der Waals surface area contributed by atoms with Gasteiger partial charge < -0.3 is 5.32 Å². The van der Waals surface area contributed by atoms with Crippen LogP contribution in [0.1, 0.15) is 30.7 Å². The van der Waals surface area contributed by atoms with Gasteiger partial charge in [0.1, 0.15) is 12.9 Å². The Morgan fingerprint density at radius 2 is 2.30 bits per heavy atom. The van der Waals surface area contributed by atoms with E-state index in [-0.39, 0.29) is 18.5 Å². The second kappa shape index (κ2) is 7.65. The Labute approximate surface area is 139 Å². The first-order chi connectivity index (χ1) is 11.2. The molecular weight excluding hydrogens is 312 g/mol. The molecule has 0 spiro atoms. The molecule has 1 N–H and O–H groups in total. The van der Waals surface area contributed by atoms with E-state index < -0.39 is 0 Å². The lowest BCUT2D eigenvalue weighted by molar-refractivity contribution is -0.122. The van der Waals surface area contributed by atoms with Crippen molar-refractivity contribution in [2.45, 2.75) is 32.4 Å². The molecule has 1 atom stereocenters. The fraction of sp³-hybridized carbons (Fsp3) is 0.600. The van der Waals surface area contributed by atoms with Gasteiger partial charge in [0.25, 0.3) is 0 Å². The molecule has 1 aliphatic rings. The average Bonchev–Trinajstić information content (AvgIpc) is 3.23. The van der Waals surface area contributed by atoms with Crippen molar-refractivity contribution in [2.24, 2.45) is 5.92 Å². The van der Waals surface area contributed by atoms with E-state index in [2.05, 4.69) is 50.2 Å². The lowest BCUT2D eigenvalue weighted by Crippen LogP contribution is -2.42. The number of hydrogen-bond acceptors (Lipinski definition) is 6. The van der Waals surface area contributed by atoms with E-state index in [1.807, 2.05) is 0 Å². The minimum Gasteiger partial charge on any atom is -0.353 e. The third kappa shape index (κ3) is 4.35. The van der Waals surface area contributed by atoms with E-state index in [0.717, 1.165) is 19.0 Å². The van der Waals surface area contributed by atoms with Crippen LogP contribution in [0.4, 0.5) is 0 Å². The number of hydrogen-bond donors (Lipinski definition) is 1. The highest BCUT2D eigenvalue weighted by molar-refractivity contribution is 7.10. The Morgan fingerprint density at radius 1 is 1.48 bits per heavy atom. The van der Waals surface area contributed by atoms with Crippen molar-refractivity contribution in [1.29, 1.82) is 0 Å². The second-order valence-electron chi connectivity index (χ2n) is 6.06. The Morgan fingerprint density at radius 3 is 2.96 bits per heavy atom. The smallest absolute Gasteiger partial charge is 0.241 e. The molecule has 1 saturated heterocycles. The zero-order valence-corrected chi connectivity index (χ0v) is 14.1. The summed E-state index contributed by atoms with van der Waals surface area (Å²) in [4.78, 5) is 15.9. The lowest BCUT2D eigenvalue weighted by atomic mass is 9.97. The van der Waals surface area contributed by atoms with Crippen molar-refractivity contribution >= 4 is 17.2 Å². The first kappa shape index (κ1) is 16.1. The van der Waals surface area contributed by atoms with Gasteiger partial charge in [-0.1, -0.05) is 13.0 Å². The second-order valence-corrected chi connectivity index (χ2v) is 7.04. The van der Waals surface area contributed by atoms with Crippen molar-refractivity contribution in [3.05, 3.63) is 28.7 Å². The predicted octanol–water partition coefficient (Wildman–Crippen LogP) is 1.32. The number of carbonyl (C=O) groups is 1. The van der Waals surface area contributed by atoms with E-state index in [1.165, 1.54) is 28.7 Å². The van der Waals surface area contributed by atoms with Crippen LogP contribution in [0.15, 0.2) is 23.8 Å². The van der Waals surface area contributed by atoms with E-state index in [9.17, 15) is 4.79 Å². The minimum absolute atomic E-state index is 0.0655. The highest BCUT2D eigenvalue weighted by Gasteiger charge is 2.25. The van der Waals surface area contributed by atoms with Crippen LogP contribution >= 0.6 is 11.3 Å². The van der Waals surface area contributed by atoms with Crippen LogP contribution in [0.2, 0.25) is 0 Å². The molecule has 1 amide bonds. The molecule has 1 aliphatic heterocycles. The monoisotopic (exact) mass is 334 g/mol. The molecule has 1 fully saturated rings. The van der Waals surface area contributed by atoms with Crippen molar-refractivity contribution in [2.75, 3.05) is 19.6 Å². The van der Waals surface area contributed by atoms with Crippen LogP contribution < -0.4 is 5.32 Å². The molecule has 2 aromatic heterocycles. The number of piperidine rings is 1. The van der Waals surface area contributed by atoms with E-state index in [0.29, 0.717) is 6.54 Å². The maximum absolute atomic E-state index is 12.1. The van der Waals surface area contributed by atoms with Crippen LogP contribution in [0.25, 0.3) is 0 Å². The van der Waals surface area contributed by atoms with Crippen LogP contribution in [-0.4, -0.2) is 50.6 Å². The third-order valence-electron chi connectivity index (χ3n) is 4.32. The average molecular weight is 334 g/mol. The summed E-state index contributed by atoms with van der Waals surface area (Å²) in [5.41, 5.74) is 0. The summed E-state index contributed by atoms with van der Waals surface area (Å²) in [6.45, 7) is 5.27. The largest absolute Gasteiger partial charge is 0.353 e. The van der Waals surface area contributed by atoms with Crippen molar-refractivity contribution < 1.29 is 4.79 Å². The van der Waals surface area contributed by atoms with Gasteiger partial charge in [-0.25, -0.2) is 4.68 Å². The van der Waals surface area contributed by atoms with E-state index >= 15 is 0 Å². The molecule has 7 nitrogen and oxygen atoms in total. The van der Waals surface area contributed by atoms with Gasteiger partial charge in [0.15, 0.2) is 0 Å². The maximum Gasteiger partial charge on any atom is 0.241 e. The van der Waals surface area contributed by atoms with Crippen LogP contribution in [0, 0.1) is 5.92 Å². The number of thiophene rings is 1. The van der Waals surface area contributed by atoms with E-state index in [1.54, 1.807) is 11.3 Å². The molecule has 0 radical (unpaired) electrons. The first-order valence-corrected chi connectivity index (χ1v) is 8.85. The summed E-state index contributed by atoms with van der Waals surface area (Å²) < 4.78 is 1.43. The molecule has 8 heteroatoms. The number of likely N-dealkylation sites (tertiary alicyclic amines) is 1. The van der Waals surface area contributed by atoms with Gasteiger partial charge in [-0.05, 0) is 53.7 Å². The highest BCUT2D eigenvalue weighted by Crippen LogP contribution is 2.28. The molecule has 3 heterocycles. The molecular formula is C15H22N6OS. The molecule has 0 aliphatic carbocycles. The van der Waals surface area contributed by atoms with Crippen LogP contribution in [-0.2, 0) is 11.3 Å². The SMILES string of the molecule is CC1CCN([C@H](CNC(=O)Cn2cnnn2)c2cccs2)CC1. The molecule has 0 unspecified atom stereocenters. The van der Waals surface area contributed by atoms with Crippen LogP contribution in [0.5, 0.6) is 0 Å². The van der Waals surface area contributed by atoms with Gasteiger partial charge in [0.05, 0.1) is 6.04 Å². The maximum atomic E-state index is 12.1. The Balaban J connectivity index is 1.59. The van der Waals surface area contributed by atoms with E-state index in [4.69, 9.17) is 0 Å². The third-order valence-corrected chi connectivity index (χ3v) is 5.29. The molecule has 0 aromatic carbocycles. The lowest BCUT2D eigenvalue weighted by Gasteiger charge is -2.36. The van der Waals surface area contributed by atoms with Gasteiger partial charge in [-0.2, -0.15) is 0 Å². The van der Waals surface area contributed by atoms with Gasteiger partial charge >= 0.3 is 0 Å². The standard InChI is InChI=1S/C15H22N6OS/c1-12-4-6-20(7-5-12)13(14-3-2-8-23-14)9-16-15(22)10-21-11-17-18-19-21/h2-3,8,11-13H,4-7,9-10H2,1H3,(H,16,22)/t13-/m1/s1. The van der Waals surface area contributed by atoms with Crippen molar-refractivity contribution in [3.63, 3.8) is 0 Å². The Hall–Kier alpha value is -1.80. The molecule has 0 saturated carbocycles. The van der Waals surface area contributed by atoms with Crippen LogP contribution in [0.3, 0.4) is 0 Å². The fourth-order valence-electron chi connectivity index (χ4n) is 2.90. The predicted molar refractivity (Wildman–Crippen MR) is 87.9 cm³/mol. The van der Waals surface area contributed by atoms with Gasteiger partial charge in [0, 0.05) is 11.4 Å². The number of carbonyl (C=O) groups excluding carboxylic acids is 1. The molecule has 23 heavy (non-hydrogen) atoms. The summed E-state index contributed by atoms with van der Waals surface area (Å²) in [5.74, 6) is 0.730. The van der Waals surface area contributed by atoms with Gasteiger partial charge in [-0.15, -0.1) is 16.4 Å². The summed E-state index contributed by atoms with van der Waals surface area (Å²) in [6.07, 6.45) is 3.89. The highest BCUT2D eigenvalue weighted by atomic mass is 32.1. The summed E-state index contributed by atoms with van der Waals surface area (Å²) in [5, 5.41) is 15.9. The first-order valence-electron chi connectivity index (χ1n) is 7.97. The van der Waals surface area contributed by atoms with Gasteiger partial charge in [0.2, 0.25) is 5.91 Å². The Bertz CT molecular complexity index is 592. The van der Waals surface area contributed by atoms with Gasteiger partial charge in [-0.3, -0.25) is 9.69 Å². The quantitative estimate of drug-likeness (QED) is 0.862. The number of rotatable bonds is 6. The fourth-order valence-corrected chi connectivity index (χ4v) is 3.76. The van der Waals surface area contributed by atoms with Crippen molar-refractivity contribution in [3.8, 4) is 0 Å². The number of amides is 1. The summed E-state index contributed by atoms with van der Waals surface area (Å²) in [7, 11) is 0. The molecule has 3 rings (SSSR count). The number of tetrazole rings is 1. The topological polar surface area (TPSA) is 75.9 Å². The minimum atomic E-state index is -0.0655. The van der Waals surface area contributed by atoms with Crippen molar-refractivity contribution in [1.82, 2.24) is 30.4 Å². The number of aromatic nitrogens is 4. The number of nitrogens with zero attached hydrogens (tertiary/aromatic N) is 5. The zero-order valence-electron chi connectivity index (χ0n) is 13.3. The molecule has 2 aromatic rings. The summed E-state index contributed by atoms with van der Waals surface area (Å²) >= 11 is 1.75. The Kier molecular flexibility index (Phi) is 5.35. The summed E-state index contributed by atoms with van der Waals surface area (Å²) in [6, 6.07) is 4.48. The normalized spacial score (nSPS) is 18.0. The molecule has 124 valence electrons. The number of nitrogens with one attached hydrogen (secondary N) is 1.